The van der Waals surface area contributed by atoms with Crippen molar-refractivity contribution in [2.45, 2.75) is 0 Å². The van der Waals surface area contributed by atoms with Gasteiger partial charge in [-0.05, 0) is 17.7 Å². The maximum absolute atomic E-state index is 12.4. The lowest BCUT2D eigenvalue weighted by molar-refractivity contribution is -0.135. The van der Waals surface area contributed by atoms with Gasteiger partial charge in [0.2, 0.25) is 0 Å². The van der Waals surface area contributed by atoms with Crippen molar-refractivity contribution in [3.05, 3.63) is 63.5 Å². The number of fused-ring (bicyclic) bond motifs is 1. The minimum absolute atomic E-state index is 0.122. The zero-order chi connectivity index (χ0) is 18.8. The van der Waals surface area contributed by atoms with Crippen molar-refractivity contribution in [2.75, 3.05) is 6.54 Å². The Morgan fingerprint density at radius 1 is 1.08 bits per heavy atom. The Morgan fingerprint density at radius 2 is 1.77 bits per heavy atom. The van der Waals surface area contributed by atoms with Gasteiger partial charge >= 0.3 is 11.6 Å². The van der Waals surface area contributed by atoms with Gasteiger partial charge in [0.15, 0.2) is 0 Å². The molecule has 0 fully saturated rings. The van der Waals surface area contributed by atoms with Crippen LogP contribution in [0, 0.1) is 0 Å². The molecule has 3 N–H and O–H groups in total. The molecule has 2 aromatic carbocycles. The number of nitrogens with one attached hydrogen (secondary N) is 1. The Labute approximate surface area is 151 Å². The van der Waals surface area contributed by atoms with E-state index in [4.69, 9.17) is 21.1 Å². The van der Waals surface area contributed by atoms with Crippen molar-refractivity contribution in [3.63, 3.8) is 0 Å². The molecule has 0 aliphatic carbocycles. The average Bonchev–Trinajstić information content (AvgIpc) is 2.60. The molecule has 0 atom stereocenters. The van der Waals surface area contributed by atoms with Gasteiger partial charge in [-0.25, -0.2) is 4.79 Å². The highest BCUT2D eigenvalue weighted by molar-refractivity contribution is 6.34. The van der Waals surface area contributed by atoms with Crippen molar-refractivity contribution < 1.29 is 24.2 Å². The molecule has 0 aliphatic rings. The number of carboxylic acids is 1. The molecule has 26 heavy (non-hydrogen) atoms. The highest BCUT2D eigenvalue weighted by Gasteiger charge is 2.23. The van der Waals surface area contributed by atoms with Crippen molar-refractivity contribution in [3.8, 4) is 17.1 Å². The Kier molecular flexibility index (Phi) is 4.64. The number of hydrogen-bond donors (Lipinski definition) is 3. The summed E-state index contributed by atoms with van der Waals surface area (Å²) in [6.07, 6.45) is 0. The molecule has 0 bridgehead atoms. The second-order valence-electron chi connectivity index (χ2n) is 5.35. The van der Waals surface area contributed by atoms with E-state index >= 15 is 0 Å². The van der Waals surface area contributed by atoms with Crippen molar-refractivity contribution in [1.82, 2.24) is 5.32 Å². The fourth-order valence-electron chi connectivity index (χ4n) is 2.65. The quantitative estimate of drug-likeness (QED) is 0.647. The van der Waals surface area contributed by atoms with Crippen LogP contribution in [0.15, 0.2) is 51.7 Å². The van der Waals surface area contributed by atoms with Crippen LogP contribution in [-0.2, 0) is 4.79 Å². The highest BCUT2D eigenvalue weighted by Crippen LogP contribution is 2.37. The number of rotatable bonds is 4. The number of halogens is 1. The van der Waals surface area contributed by atoms with E-state index in [1.165, 1.54) is 6.07 Å². The van der Waals surface area contributed by atoms with E-state index in [1.807, 2.05) is 0 Å². The summed E-state index contributed by atoms with van der Waals surface area (Å²) in [5, 5.41) is 21.5. The summed E-state index contributed by atoms with van der Waals surface area (Å²) in [6, 6.07) is 11.5. The van der Waals surface area contributed by atoms with Crippen LogP contribution in [0.3, 0.4) is 0 Å². The first kappa shape index (κ1) is 17.5. The van der Waals surface area contributed by atoms with Gasteiger partial charge in [-0.1, -0.05) is 41.9 Å². The normalized spacial score (nSPS) is 10.7. The van der Waals surface area contributed by atoms with E-state index in [0.29, 0.717) is 16.1 Å². The summed E-state index contributed by atoms with van der Waals surface area (Å²) in [4.78, 5) is 35.4. The van der Waals surface area contributed by atoms with Crippen LogP contribution in [0.2, 0.25) is 5.02 Å². The van der Waals surface area contributed by atoms with Crippen LogP contribution in [0.5, 0.6) is 5.95 Å². The van der Waals surface area contributed by atoms with E-state index in [9.17, 15) is 19.5 Å². The molecule has 1 amide bonds. The third-order valence-electron chi connectivity index (χ3n) is 3.73. The topological polar surface area (TPSA) is 117 Å². The molecule has 0 aliphatic heterocycles. The molecule has 7 nitrogen and oxygen atoms in total. The maximum Gasteiger partial charge on any atom is 0.352 e. The monoisotopic (exact) mass is 373 g/mol. The number of hydrogen-bond acceptors (Lipinski definition) is 5. The van der Waals surface area contributed by atoms with Crippen molar-refractivity contribution in [2.24, 2.45) is 0 Å². The van der Waals surface area contributed by atoms with Gasteiger partial charge in [0.05, 0.1) is 5.39 Å². The molecule has 0 spiro atoms. The van der Waals surface area contributed by atoms with Gasteiger partial charge in [0.1, 0.15) is 12.1 Å². The minimum Gasteiger partial charge on any atom is -0.480 e. The van der Waals surface area contributed by atoms with Crippen molar-refractivity contribution in [1.29, 1.82) is 0 Å². The minimum atomic E-state index is -1.27. The van der Waals surface area contributed by atoms with Crippen LogP contribution in [0.4, 0.5) is 0 Å². The fraction of sp³-hybridized carbons (Fsp3) is 0.0556. The number of aromatic hydroxyl groups is 1. The summed E-state index contributed by atoms with van der Waals surface area (Å²) in [7, 11) is 0. The molecule has 8 heteroatoms. The van der Waals surface area contributed by atoms with Gasteiger partial charge in [-0.15, -0.1) is 0 Å². The number of aliphatic carboxylic acids is 1. The van der Waals surface area contributed by atoms with E-state index in [0.717, 1.165) is 0 Å². The van der Waals surface area contributed by atoms with Gasteiger partial charge < -0.3 is 19.9 Å². The molecule has 1 heterocycles. The zero-order valence-electron chi connectivity index (χ0n) is 13.2. The number of benzene rings is 2. The Hall–Kier alpha value is -3.32. The molecule has 0 saturated carbocycles. The van der Waals surface area contributed by atoms with Crippen LogP contribution in [0.1, 0.15) is 10.4 Å². The fourth-order valence-corrected chi connectivity index (χ4v) is 2.89. The summed E-state index contributed by atoms with van der Waals surface area (Å²) in [6.45, 7) is -0.672. The van der Waals surface area contributed by atoms with E-state index < -0.39 is 35.6 Å². The highest BCUT2D eigenvalue weighted by atomic mass is 35.5. The predicted molar refractivity (Wildman–Crippen MR) is 94.6 cm³/mol. The van der Waals surface area contributed by atoms with Gasteiger partial charge in [-0.2, -0.15) is 0 Å². The molecular formula is C18H12ClNO6. The van der Waals surface area contributed by atoms with E-state index in [-0.39, 0.29) is 10.8 Å². The van der Waals surface area contributed by atoms with E-state index in [2.05, 4.69) is 5.32 Å². The van der Waals surface area contributed by atoms with E-state index in [1.54, 1.807) is 36.4 Å². The van der Waals surface area contributed by atoms with Crippen LogP contribution in [-0.4, -0.2) is 28.6 Å². The third-order valence-corrected chi connectivity index (χ3v) is 4.06. The van der Waals surface area contributed by atoms with Gasteiger partial charge in [0, 0.05) is 16.0 Å². The molecule has 132 valence electrons. The predicted octanol–water partition coefficient (Wildman–Crippen LogP) is 2.63. The molecular weight excluding hydrogens is 362 g/mol. The first-order chi connectivity index (χ1) is 12.4. The van der Waals surface area contributed by atoms with Crippen LogP contribution < -0.4 is 10.9 Å². The number of carboxylic acid groups (broad SMARTS) is 1. The molecule has 0 radical (unpaired) electrons. The molecule has 0 saturated heterocycles. The Morgan fingerprint density at radius 3 is 2.46 bits per heavy atom. The van der Waals surface area contributed by atoms with Crippen molar-refractivity contribution >= 4 is 34.2 Å². The Bertz CT molecular complexity index is 1090. The number of carbonyl (C=O) groups excluding carboxylic acids is 1. The second kappa shape index (κ2) is 6.89. The SMILES string of the molecule is O=C(O)CNC(=O)c1c(=O)oc(O)c2cccc(-c3ccccc3Cl)c12. The summed E-state index contributed by atoms with van der Waals surface area (Å²) >= 11 is 6.23. The first-order valence-corrected chi connectivity index (χ1v) is 7.81. The molecule has 3 aromatic rings. The lowest BCUT2D eigenvalue weighted by Crippen LogP contribution is -2.32. The zero-order valence-corrected chi connectivity index (χ0v) is 13.9. The second-order valence-corrected chi connectivity index (χ2v) is 5.76. The number of carbonyl (C=O) groups is 2. The smallest absolute Gasteiger partial charge is 0.352 e. The maximum atomic E-state index is 12.4. The molecule has 1 aromatic heterocycles. The number of amides is 1. The van der Waals surface area contributed by atoms with Crippen LogP contribution >= 0.6 is 11.6 Å². The average molecular weight is 374 g/mol. The largest absolute Gasteiger partial charge is 0.480 e. The van der Waals surface area contributed by atoms with Gasteiger partial charge in [0.25, 0.3) is 11.9 Å². The van der Waals surface area contributed by atoms with Gasteiger partial charge in [-0.3, -0.25) is 9.59 Å². The summed E-state index contributed by atoms with van der Waals surface area (Å²) in [5.74, 6) is -2.84. The standard InChI is InChI=1S/C18H12ClNO6/c19-12-7-2-1-4-9(12)10-5-3-6-11-14(10)15(18(25)26-17(11)24)16(23)20-8-13(21)22/h1-7,24H,8H2,(H,20,23)(H,21,22). The lowest BCUT2D eigenvalue weighted by Gasteiger charge is -2.12. The Balaban J connectivity index is 2.34. The lowest BCUT2D eigenvalue weighted by atomic mass is 9.96. The molecule has 3 rings (SSSR count). The molecule has 0 unspecified atom stereocenters. The summed E-state index contributed by atoms with van der Waals surface area (Å²) in [5.41, 5.74) is -0.527. The van der Waals surface area contributed by atoms with Crippen LogP contribution in [0.25, 0.3) is 21.9 Å². The summed E-state index contributed by atoms with van der Waals surface area (Å²) < 4.78 is 4.73. The first-order valence-electron chi connectivity index (χ1n) is 7.44. The third kappa shape index (κ3) is 3.12.